The van der Waals surface area contributed by atoms with Crippen molar-refractivity contribution in [1.82, 2.24) is 5.32 Å². The minimum atomic E-state index is 0.898. The van der Waals surface area contributed by atoms with E-state index in [1.165, 1.54) is 30.0 Å². The molecule has 16 heavy (non-hydrogen) atoms. The fraction of sp³-hybridized carbons (Fsp3) is 0.429. The van der Waals surface area contributed by atoms with Gasteiger partial charge in [0.05, 0.1) is 0 Å². The lowest BCUT2D eigenvalue weighted by molar-refractivity contribution is 0.543. The molecule has 0 amide bonds. The smallest absolute Gasteiger partial charge is 0.0138 e. The van der Waals surface area contributed by atoms with E-state index in [9.17, 15) is 0 Å². The third-order valence-electron chi connectivity index (χ3n) is 2.83. The molecule has 2 heteroatoms. The van der Waals surface area contributed by atoms with E-state index in [0.29, 0.717) is 0 Å². The molecular formula is C14H19NS. The van der Waals surface area contributed by atoms with Gasteiger partial charge in [-0.15, -0.1) is 0 Å². The largest absolute Gasteiger partial charge is 0.313 e. The number of benzene rings is 1. The van der Waals surface area contributed by atoms with E-state index in [2.05, 4.69) is 53.5 Å². The van der Waals surface area contributed by atoms with E-state index in [0.717, 1.165) is 12.5 Å². The fourth-order valence-corrected chi connectivity index (χ4v) is 3.16. The van der Waals surface area contributed by atoms with Crippen molar-refractivity contribution >= 4 is 17.8 Å². The number of hydrogen-bond donors (Lipinski definition) is 1. The van der Waals surface area contributed by atoms with Crippen LogP contribution in [0.4, 0.5) is 0 Å². The van der Waals surface area contributed by atoms with Crippen molar-refractivity contribution in [3.8, 4) is 0 Å². The molecule has 1 aliphatic rings. The first kappa shape index (κ1) is 11.7. The third-order valence-corrected chi connectivity index (χ3v) is 4.06. The lowest BCUT2D eigenvalue weighted by Crippen LogP contribution is -2.22. The topological polar surface area (TPSA) is 12.0 Å². The van der Waals surface area contributed by atoms with Crippen LogP contribution in [0, 0.1) is 5.92 Å². The Kier molecular flexibility index (Phi) is 4.97. The Balaban J connectivity index is 1.62. The zero-order valence-corrected chi connectivity index (χ0v) is 10.4. The predicted octanol–water partition coefficient (Wildman–Crippen LogP) is 3.04. The van der Waals surface area contributed by atoms with Gasteiger partial charge in [0.15, 0.2) is 0 Å². The van der Waals surface area contributed by atoms with Crippen LogP contribution < -0.4 is 5.32 Å². The Labute approximate surface area is 102 Å². The molecule has 1 atom stereocenters. The van der Waals surface area contributed by atoms with E-state index in [1.807, 2.05) is 6.07 Å². The normalized spacial score (nSPS) is 20.6. The zero-order chi connectivity index (χ0) is 11.1. The summed E-state index contributed by atoms with van der Waals surface area (Å²) in [6.45, 7) is 2.15. The second-order valence-corrected chi connectivity index (χ2v) is 5.35. The maximum Gasteiger partial charge on any atom is 0.0138 e. The molecule has 1 N–H and O–H groups in total. The van der Waals surface area contributed by atoms with E-state index in [-0.39, 0.29) is 0 Å². The highest BCUT2D eigenvalue weighted by Crippen LogP contribution is 2.22. The average Bonchev–Trinajstić information content (AvgIpc) is 2.83. The Morgan fingerprint density at radius 2 is 2.19 bits per heavy atom. The van der Waals surface area contributed by atoms with E-state index in [4.69, 9.17) is 0 Å². The van der Waals surface area contributed by atoms with Gasteiger partial charge in [0.1, 0.15) is 0 Å². The molecule has 0 spiro atoms. The van der Waals surface area contributed by atoms with Crippen LogP contribution in [0.5, 0.6) is 0 Å². The van der Waals surface area contributed by atoms with Crippen LogP contribution in [0.3, 0.4) is 0 Å². The van der Waals surface area contributed by atoms with E-state index >= 15 is 0 Å². The van der Waals surface area contributed by atoms with Crippen molar-refractivity contribution in [2.75, 3.05) is 24.6 Å². The van der Waals surface area contributed by atoms with Gasteiger partial charge in [0.2, 0.25) is 0 Å². The molecule has 0 radical (unpaired) electrons. The van der Waals surface area contributed by atoms with Crippen LogP contribution in [0.2, 0.25) is 0 Å². The van der Waals surface area contributed by atoms with Gasteiger partial charge < -0.3 is 5.32 Å². The molecule has 1 fully saturated rings. The highest BCUT2D eigenvalue weighted by Gasteiger charge is 2.13. The molecule has 1 heterocycles. The summed E-state index contributed by atoms with van der Waals surface area (Å²) in [5.74, 6) is 3.59. The van der Waals surface area contributed by atoms with Gasteiger partial charge in [0, 0.05) is 6.54 Å². The van der Waals surface area contributed by atoms with Gasteiger partial charge in [-0.1, -0.05) is 42.5 Å². The minimum Gasteiger partial charge on any atom is -0.313 e. The maximum atomic E-state index is 3.50. The summed E-state index contributed by atoms with van der Waals surface area (Å²) in [6.07, 6.45) is 5.77. The standard InChI is InChI=1S/C14H19NS/c1-2-5-13(6-3-1)7-4-9-15-11-14-8-10-16-12-14/h1-7,14-15H,8-12H2/b7-4+. The molecule has 1 unspecified atom stereocenters. The Morgan fingerprint density at radius 1 is 1.31 bits per heavy atom. The molecule has 0 aromatic heterocycles. The van der Waals surface area contributed by atoms with Crippen LogP contribution >= 0.6 is 11.8 Å². The molecule has 2 rings (SSSR count). The highest BCUT2D eigenvalue weighted by atomic mass is 32.2. The molecular weight excluding hydrogens is 214 g/mol. The van der Waals surface area contributed by atoms with Crippen LogP contribution in [0.1, 0.15) is 12.0 Å². The minimum absolute atomic E-state index is 0.898. The van der Waals surface area contributed by atoms with Crippen LogP contribution in [-0.4, -0.2) is 24.6 Å². The summed E-state index contributed by atoms with van der Waals surface area (Å²) in [5.41, 5.74) is 1.28. The first-order valence-corrected chi connectivity index (χ1v) is 7.10. The number of thioether (sulfide) groups is 1. The summed E-state index contributed by atoms with van der Waals surface area (Å²) in [5, 5.41) is 3.50. The number of hydrogen-bond acceptors (Lipinski definition) is 2. The molecule has 1 nitrogen and oxygen atoms in total. The molecule has 0 aliphatic carbocycles. The fourth-order valence-electron chi connectivity index (χ4n) is 1.87. The SMILES string of the molecule is C(=C\c1ccccc1)/CNCC1CCSC1. The van der Waals surface area contributed by atoms with E-state index in [1.54, 1.807) is 0 Å². The first-order valence-electron chi connectivity index (χ1n) is 5.95. The van der Waals surface area contributed by atoms with Crippen molar-refractivity contribution in [3.05, 3.63) is 42.0 Å². The van der Waals surface area contributed by atoms with Crippen molar-refractivity contribution in [3.63, 3.8) is 0 Å². The summed E-state index contributed by atoms with van der Waals surface area (Å²) >= 11 is 2.08. The van der Waals surface area contributed by atoms with Gasteiger partial charge >= 0.3 is 0 Å². The quantitative estimate of drug-likeness (QED) is 0.785. The van der Waals surface area contributed by atoms with Crippen molar-refractivity contribution < 1.29 is 0 Å². The van der Waals surface area contributed by atoms with Gasteiger partial charge in [-0.25, -0.2) is 0 Å². The van der Waals surface area contributed by atoms with Crippen LogP contribution in [0.15, 0.2) is 36.4 Å². The summed E-state index contributed by atoms with van der Waals surface area (Å²) < 4.78 is 0. The summed E-state index contributed by atoms with van der Waals surface area (Å²) in [6, 6.07) is 10.5. The molecule has 1 saturated heterocycles. The highest BCUT2D eigenvalue weighted by molar-refractivity contribution is 7.99. The Morgan fingerprint density at radius 3 is 2.94 bits per heavy atom. The number of nitrogens with one attached hydrogen (secondary N) is 1. The second kappa shape index (κ2) is 6.77. The van der Waals surface area contributed by atoms with E-state index < -0.39 is 0 Å². The Bertz CT molecular complexity index is 315. The number of rotatable bonds is 5. The lowest BCUT2D eigenvalue weighted by atomic mass is 10.1. The first-order chi connectivity index (χ1) is 7.95. The predicted molar refractivity (Wildman–Crippen MR) is 73.8 cm³/mol. The average molecular weight is 233 g/mol. The van der Waals surface area contributed by atoms with Crippen LogP contribution in [-0.2, 0) is 0 Å². The van der Waals surface area contributed by atoms with Gasteiger partial charge in [-0.05, 0) is 36.0 Å². The third kappa shape index (κ3) is 4.03. The second-order valence-electron chi connectivity index (χ2n) is 4.20. The maximum absolute atomic E-state index is 3.50. The monoisotopic (exact) mass is 233 g/mol. The van der Waals surface area contributed by atoms with Crippen LogP contribution in [0.25, 0.3) is 6.08 Å². The van der Waals surface area contributed by atoms with Crippen molar-refractivity contribution in [2.45, 2.75) is 6.42 Å². The summed E-state index contributed by atoms with van der Waals surface area (Å²) in [4.78, 5) is 0. The molecule has 0 saturated carbocycles. The lowest BCUT2D eigenvalue weighted by Gasteiger charge is -2.07. The molecule has 1 aliphatic heterocycles. The Hall–Kier alpha value is -0.730. The van der Waals surface area contributed by atoms with Gasteiger partial charge in [-0.2, -0.15) is 11.8 Å². The molecule has 1 aromatic rings. The molecule has 86 valence electrons. The van der Waals surface area contributed by atoms with Gasteiger partial charge in [-0.3, -0.25) is 0 Å². The summed E-state index contributed by atoms with van der Waals surface area (Å²) in [7, 11) is 0. The van der Waals surface area contributed by atoms with Crippen molar-refractivity contribution in [1.29, 1.82) is 0 Å². The zero-order valence-electron chi connectivity index (χ0n) is 9.56. The van der Waals surface area contributed by atoms with Gasteiger partial charge in [0.25, 0.3) is 0 Å². The molecule has 1 aromatic carbocycles. The van der Waals surface area contributed by atoms with Crippen molar-refractivity contribution in [2.24, 2.45) is 5.92 Å². The molecule has 0 bridgehead atoms.